The van der Waals surface area contributed by atoms with E-state index in [1.165, 1.54) is 13.8 Å². The highest BCUT2D eigenvalue weighted by Crippen LogP contribution is 2.28. The maximum absolute atomic E-state index is 11.7. The molecule has 1 aliphatic rings. The van der Waals surface area contributed by atoms with Gasteiger partial charge in [-0.2, -0.15) is 0 Å². The lowest BCUT2D eigenvalue weighted by Gasteiger charge is -2.22. The van der Waals surface area contributed by atoms with Gasteiger partial charge in [0.1, 0.15) is 5.60 Å². The molecular formula is C14H19ClN2O2. The number of carbonyl (C=O) groups excluding carboxylic acids is 1. The average Bonchev–Trinajstić information content (AvgIpc) is 2.76. The van der Waals surface area contributed by atoms with Gasteiger partial charge in [-0.1, -0.05) is 23.7 Å². The summed E-state index contributed by atoms with van der Waals surface area (Å²) < 4.78 is 0. The molecule has 1 aromatic rings. The molecule has 0 spiro atoms. The van der Waals surface area contributed by atoms with E-state index in [9.17, 15) is 9.90 Å². The Hall–Kier alpha value is -1.26. The molecule has 1 saturated heterocycles. The van der Waals surface area contributed by atoms with Crippen LogP contribution in [0.15, 0.2) is 24.3 Å². The number of nitrogens with zero attached hydrogens (tertiary/aromatic N) is 1. The normalized spacial score (nSPS) is 19.6. The van der Waals surface area contributed by atoms with Gasteiger partial charge in [-0.05, 0) is 32.4 Å². The molecule has 5 heteroatoms. The number of nitrogens with one attached hydrogen (secondary N) is 1. The number of para-hydroxylation sites is 1. The summed E-state index contributed by atoms with van der Waals surface area (Å²) in [5, 5.41) is 13.2. The van der Waals surface area contributed by atoms with Crippen LogP contribution in [0.5, 0.6) is 0 Å². The van der Waals surface area contributed by atoms with E-state index in [1.807, 2.05) is 24.3 Å². The highest BCUT2D eigenvalue weighted by molar-refractivity contribution is 6.33. The molecule has 0 aromatic heterocycles. The van der Waals surface area contributed by atoms with Gasteiger partial charge >= 0.3 is 0 Å². The smallest absolute Gasteiger partial charge is 0.251 e. The van der Waals surface area contributed by atoms with Gasteiger partial charge in [0, 0.05) is 19.1 Å². The molecule has 0 aliphatic carbocycles. The van der Waals surface area contributed by atoms with Crippen molar-refractivity contribution in [1.82, 2.24) is 5.32 Å². The van der Waals surface area contributed by atoms with Crippen molar-refractivity contribution in [2.75, 3.05) is 18.0 Å². The third-order valence-corrected chi connectivity index (χ3v) is 3.59. The van der Waals surface area contributed by atoms with Crippen LogP contribution in [0.2, 0.25) is 5.02 Å². The van der Waals surface area contributed by atoms with Crippen LogP contribution < -0.4 is 10.2 Å². The zero-order chi connectivity index (χ0) is 14.0. The molecule has 0 radical (unpaired) electrons. The van der Waals surface area contributed by atoms with Crippen LogP contribution in [-0.2, 0) is 4.79 Å². The summed E-state index contributed by atoms with van der Waals surface area (Å²) in [6.45, 7) is 4.54. The van der Waals surface area contributed by atoms with Gasteiger partial charge in [-0.3, -0.25) is 4.79 Å². The van der Waals surface area contributed by atoms with E-state index >= 15 is 0 Å². The predicted octanol–water partition coefficient (Wildman–Crippen LogP) is 1.81. The fraction of sp³-hybridized carbons (Fsp3) is 0.500. The van der Waals surface area contributed by atoms with E-state index in [4.69, 9.17) is 11.6 Å². The van der Waals surface area contributed by atoms with Crippen molar-refractivity contribution in [3.05, 3.63) is 29.3 Å². The van der Waals surface area contributed by atoms with E-state index in [0.717, 1.165) is 23.7 Å². The Balaban J connectivity index is 1.98. The summed E-state index contributed by atoms with van der Waals surface area (Å²) in [6.07, 6.45) is 0.854. The number of carbonyl (C=O) groups is 1. The molecule has 2 N–H and O–H groups in total. The van der Waals surface area contributed by atoms with Crippen molar-refractivity contribution in [1.29, 1.82) is 0 Å². The standard InChI is InChI=1S/C14H19ClN2O2/c1-14(2,19)13(18)16-10-7-8-17(9-10)12-6-4-3-5-11(12)15/h3-6,10,19H,7-9H2,1-2H3,(H,16,18). The Bertz CT molecular complexity index is 471. The van der Waals surface area contributed by atoms with Crippen LogP contribution in [-0.4, -0.2) is 35.7 Å². The first kappa shape index (κ1) is 14.2. The largest absolute Gasteiger partial charge is 0.381 e. The number of hydrogen-bond acceptors (Lipinski definition) is 3. The van der Waals surface area contributed by atoms with Gasteiger partial charge in [-0.25, -0.2) is 0 Å². The summed E-state index contributed by atoms with van der Waals surface area (Å²) >= 11 is 6.16. The molecule has 2 rings (SSSR count). The molecule has 1 amide bonds. The second-order valence-electron chi connectivity index (χ2n) is 5.42. The molecule has 1 atom stereocenters. The third-order valence-electron chi connectivity index (χ3n) is 3.27. The van der Waals surface area contributed by atoms with Crippen LogP contribution in [0.4, 0.5) is 5.69 Å². The Morgan fingerprint density at radius 2 is 2.16 bits per heavy atom. The summed E-state index contributed by atoms with van der Waals surface area (Å²) in [4.78, 5) is 13.9. The second-order valence-corrected chi connectivity index (χ2v) is 5.82. The fourth-order valence-electron chi connectivity index (χ4n) is 2.17. The van der Waals surface area contributed by atoms with Crippen molar-refractivity contribution >= 4 is 23.2 Å². The van der Waals surface area contributed by atoms with E-state index in [1.54, 1.807) is 0 Å². The number of rotatable bonds is 3. The van der Waals surface area contributed by atoms with E-state index in [2.05, 4.69) is 10.2 Å². The second kappa shape index (κ2) is 5.39. The van der Waals surface area contributed by atoms with E-state index in [0.29, 0.717) is 6.54 Å². The van der Waals surface area contributed by atoms with Gasteiger partial charge < -0.3 is 15.3 Å². The molecule has 1 heterocycles. The first-order valence-electron chi connectivity index (χ1n) is 6.41. The van der Waals surface area contributed by atoms with Crippen LogP contribution in [0.1, 0.15) is 20.3 Å². The molecule has 4 nitrogen and oxygen atoms in total. The number of aliphatic hydroxyl groups is 1. The number of halogens is 1. The molecule has 1 fully saturated rings. The van der Waals surface area contributed by atoms with Crippen molar-refractivity contribution in [2.24, 2.45) is 0 Å². The maximum atomic E-state index is 11.7. The predicted molar refractivity (Wildman–Crippen MR) is 76.5 cm³/mol. The Labute approximate surface area is 118 Å². The summed E-state index contributed by atoms with van der Waals surface area (Å²) in [7, 11) is 0. The zero-order valence-electron chi connectivity index (χ0n) is 11.2. The van der Waals surface area contributed by atoms with Crippen LogP contribution >= 0.6 is 11.6 Å². The molecule has 1 aromatic carbocycles. The molecular weight excluding hydrogens is 264 g/mol. The Morgan fingerprint density at radius 1 is 1.47 bits per heavy atom. The SMILES string of the molecule is CC(C)(O)C(=O)NC1CCN(c2ccccc2Cl)C1. The molecule has 1 aliphatic heterocycles. The van der Waals surface area contributed by atoms with E-state index in [-0.39, 0.29) is 11.9 Å². The van der Waals surface area contributed by atoms with Crippen LogP contribution in [0.3, 0.4) is 0 Å². The van der Waals surface area contributed by atoms with Crippen LogP contribution in [0.25, 0.3) is 0 Å². The molecule has 19 heavy (non-hydrogen) atoms. The number of amides is 1. The maximum Gasteiger partial charge on any atom is 0.251 e. The van der Waals surface area contributed by atoms with Crippen LogP contribution in [0, 0.1) is 0 Å². The lowest BCUT2D eigenvalue weighted by atomic mass is 10.1. The van der Waals surface area contributed by atoms with Crippen molar-refractivity contribution < 1.29 is 9.90 Å². The quantitative estimate of drug-likeness (QED) is 0.889. The van der Waals surface area contributed by atoms with E-state index < -0.39 is 5.60 Å². The summed E-state index contributed by atoms with van der Waals surface area (Å²) in [5.41, 5.74) is -0.346. The highest BCUT2D eigenvalue weighted by Gasteiger charge is 2.30. The molecule has 104 valence electrons. The lowest BCUT2D eigenvalue weighted by molar-refractivity contribution is -0.137. The minimum Gasteiger partial charge on any atom is -0.381 e. The first-order valence-corrected chi connectivity index (χ1v) is 6.78. The fourth-order valence-corrected chi connectivity index (χ4v) is 2.42. The van der Waals surface area contributed by atoms with Gasteiger partial charge in [0.25, 0.3) is 5.91 Å². The van der Waals surface area contributed by atoms with Gasteiger partial charge in [0.05, 0.1) is 10.7 Å². The van der Waals surface area contributed by atoms with Crippen molar-refractivity contribution in [3.8, 4) is 0 Å². The first-order chi connectivity index (χ1) is 8.88. The number of benzene rings is 1. The lowest BCUT2D eigenvalue weighted by Crippen LogP contribution is -2.47. The monoisotopic (exact) mass is 282 g/mol. The van der Waals surface area contributed by atoms with Gasteiger partial charge in [0.15, 0.2) is 0 Å². The van der Waals surface area contributed by atoms with Crippen molar-refractivity contribution in [2.45, 2.75) is 31.9 Å². The number of hydrogen-bond donors (Lipinski definition) is 2. The Morgan fingerprint density at radius 3 is 2.79 bits per heavy atom. The zero-order valence-corrected chi connectivity index (χ0v) is 11.9. The highest BCUT2D eigenvalue weighted by atomic mass is 35.5. The van der Waals surface area contributed by atoms with Crippen molar-refractivity contribution in [3.63, 3.8) is 0 Å². The summed E-state index contributed by atoms with van der Waals surface area (Å²) in [5.74, 6) is -0.335. The summed E-state index contributed by atoms with van der Waals surface area (Å²) in [6, 6.07) is 7.73. The topological polar surface area (TPSA) is 52.6 Å². The minimum atomic E-state index is -1.34. The average molecular weight is 283 g/mol. The minimum absolute atomic E-state index is 0.0511. The number of anilines is 1. The van der Waals surface area contributed by atoms with Gasteiger partial charge in [-0.15, -0.1) is 0 Å². The molecule has 0 bridgehead atoms. The molecule has 0 saturated carbocycles. The van der Waals surface area contributed by atoms with Gasteiger partial charge in [0.2, 0.25) is 0 Å². The third kappa shape index (κ3) is 3.39. The molecule has 1 unspecified atom stereocenters. The Kier molecular flexibility index (Phi) is 4.02.